The van der Waals surface area contributed by atoms with Crippen LogP contribution in [0.4, 0.5) is 119 Å². The van der Waals surface area contributed by atoms with E-state index in [4.69, 9.17) is 14.6 Å². The molecular weight excluding hydrogens is 941 g/mol. The van der Waals surface area contributed by atoms with E-state index in [9.17, 15) is 119 Å². The van der Waals surface area contributed by atoms with Crippen molar-refractivity contribution < 1.29 is 157 Å². The number of halogens is 27. The van der Waals surface area contributed by atoms with E-state index in [1.165, 1.54) is 0 Å². The quantitative estimate of drug-likeness (QED) is 0.0857. The van der Waals surface area contributed by atoms with Gasteiger partial charge >= 0.3 is 72.4 Å². The maximum absolute atomic E-state index is 13.6. The van der Waals surface area contributed by atoms with Crippen molar-refractivity contribution in [2.75, 3.05) is 79.3 Å². The summed E-state index contributed by atoms with van der Waals surface area (Å²) in [4.78, 5) is 0. The van der Waals surface area contributed by atoms with Gasteiger partial charge in [-0.1, -0.05) is 0 Å². The van der Waals surface area contributed by atoms with Gasteiger partial charge in [-0.25, -0.2) is 0 Å². The molecular formula is C25H25F27O8. The number of rotatable bonds is 22. The zero-order chi connectivity index (χ0) is 47.9. The minimum atomic E-state index is -8.06. The summed E-state index contributed by atoms with van der Waals surface area (Å²) in [5, 5.41) is 8.52. The molecule has 0 saturated heterocycles. The first-order valence-electron chi connectivity index (χ1n) is 14.9. The zero-order valence-electron chi connectivity index (χ0n) is 28.5. The number of aliphatic hydroxyl groups is 1. The van der Waals surface area contributed by atoms with Crippen molar-refractivity contribution in [1.29, 1.82) is 0 Å². The monoisotopic (exact) mass is 966 g/mol. The second-order valence-corrected chi connectivity index (χ2v) is 11.5. The SMILES string of the molecule is OCCOCCOCCOCCOCC(COC(C(F)(F)F)(C(F)(F)F)C(F)(F)F)(COC(C(F)(F)F)(C(F)(F)F)C(F)(F)F)COC(C(F)(F)F)(C(F)(F)F)C(F)(F)F. The minimum Gasteiger partial charge on any atom is -0.394 e. The Bertz CT molecular complexity index is 1030. The number of ether oxygens (including phenoxy) is 7. The molecule has 1 N–H and O–H groups in total. The average molecular weight is 966 g/mol. The molecule has 0 rings (SSSR count). The lowest BCUT2D eigenvalue weighted by atomic mass is 9.89. The molecule has 0 saturated carbocycles. The van der Waals surface area contributed by atoms with E-state index in [2.05, 4.69) is 23.7 Å². The summed E-state index contributed by atoms with van der Waals surface area (Å²) in [5.41, 5.74) is -28.9. The molecule has 0 heterocycles. The molecule has 0 unspecified atom stereocenters. The molecule has 60 heavy (non-hydrogen) atoms. The Labute approximate surface area is 315 Å². The summed E-state index contributed by atoms with van der Waals surface area (Å²) in [6.07, 6.45) is -72.5. The Morgan fingerprint density at radius 3 is 0.617 bits per heavy atom. The number of hydrogen-bond donors (Lipinski definition) is 1. The van der Waals surface area contributed by atoms with Gasteiger partial charge in [-0.05, 0) is 0 Å². The molecule has 362 valence electrons. The van der Waals surface area contributed by atoms with Crippen molar-refractivity contribution >= 4 is 0 Å². The summed E-state index contributed by atoms with van der Waals surface area (Å²) in [6.45, 7) is -20.0. The van der Waals surface area contributed by atoms with Crippen LogP contribution in [0.2, 0.25) is 0 Å². The predicted molar refractivity (Wildman–Crippen MR) is 133 cm³/mol. The lowest BCUT2D eigenvalue weighted by Crippen LogP contribution is -2.71. The third-order valence-electron chi connectivity index (χ3n) is 7.14. The van der Waals surface area contributed by atoms with Crippen molar-refractivity contribution in [3.05, 3.63) is 0 Å². The highest BCUT2D eigenvalue weighted by Gasteiger charge is 2.88. The van der Waals surface area contributed by atoms with E-state index < -0.39 is 137 Å². The molecule has 0 amide bonds. The molecule has 0 radical (unpaired) electrons. The maximum atomic E-state index is 13.6. The van der Waals surface area contributed by atoms with Gasteiger partial charge in [0.1, 0.15) is 0 Å². The lowest BCUT2D eigenvalue weighted by molar-refractivity contribution is -0.474. The standard InChI is InChI=1S/C25H25F27O8/c26-17(27,28)14(18(29,30)31,19(32,33)34)58-10-13(9-57-8-7-56-6-5-55-4-3-54-2-1-53,11-59-15(20(35,36)37,21(38,39)40)22(41,42)43)12-60-16(23(44,45)46,24(47,48)49)25(50,51)52/h53H,1-12H2. The van der Waals surface area contributed by atoms with Crippen molar-refractivity contribution in [1.82, 2.24) is 0 Å². The zero-order valence-corrected chi connectivity index (χ0v) is 28.5. The Kier molecular flexibility index (Phi) is 18.9. The Morgan fingerprint density at radius 2 is 0.433 bits per heavy atom. The molecule has 0 fully saturated rings. The average Bonchev–Trinajstić information content (AvgIpc) is 2.96. The van der Waals surface area contributed by atoms with Crippen molar-refractivity contribution in [3.8, 4) is 0 Å². The number of aliphatic hydroxyl groups excluding tert-OH is 1. The summed E-state index contributed by atoms with van der Waals surface area (Å²) in [5.74, 6) is 0. The van der Waals surface area contributed by atoms with Gasteiger partial charge in [0.05, 0.1) is 84.7 Å². The van der Waals surface area contributed by atoms with Gasteiger partial charge in [0.2, 0.25) is 0 Å². The van der Waals surface area contributed by atoms with E-state index in [1.807, 2.05) is 0 Å². The van der Waals surface area contributed by atoms with Crippen molar-refractivity contribution in [2.45, 2.75) is 72.4 Å². The van der Waals surface area contributed by atoms with Crippen LogP contribution in [-0.4, -0.2) is 157 Å². The van der Waals surface area contributed by atoms with Gasteiger partial charge in [-0.3, -0.25) is 0 Å². The third kappa shape index (κ3) is 12.7. The molecule has 0 aliphatic heterocycles. The fourth-order valence-corrected chi connectivity index (χ4v) is 4.23. The first kappa shape index (κ1) is 57.8. The molecule has 0 atom stereocenters. The minimum absolute atomic E-state index is 0.184. The van der Waals surface area contributed by atoms with Crippen LogP contribution in [0.15, 0.2) is 0 Å². The van der Waals surface area contributed by atoms with Crippen LogP contribution < -0.4 is 0 Å². The second-order valence-electron chi connectivity index (χ2n) is 11.5. The summed E-state index contributed by atoms with van der Waals surface area (Å²) < 4.78 is 394. The number of alkyl halides is 27. The Morgan fingerprint density at radius 1 is 0.250 bits per heavy atom. The van der Waals surface area contributed by atoms with E-state index >= 15 is 0 Å². The van der Waals surface area contributed by atoms with E-state index in [0.717, 1.165) is 0 Å². The van der Waals surface area contributed by atoms with Crippen LogP contribution in [0.5, 0.6) is 0 Å². The van der Waals surface area contributed by atoms with Crippen LogP contribution in [0.1, 0.15) is 0 Å². The highest BCUT2D eigenvalue weighted by atomic mass is 19.5. The largest absolute Gasteiger partial charge is 0.435 e. The fourth-order valence-electron chi connectivity index (χ4n) is 4.23. The molecule has 0 bridgehead atoms. The molecule has 0 aromatic rings. The fraction of sp³-hybridized carbons (Fsp3) is 1.00. The molecule has 0 spiro atoms. The topological polar surface area (TPSA) is 84.8 Å². The van der Waals surface area contributed by atoms with Gasteiger partial charge in [0, 0.05) is 0 Å². The van der Waals surface area contributed by atoms with Crippen LogP contribution in [0.25, 0.3) is 0 Å². The van der Waals surface area contributed by atoms with Crippen molar-refractivity contribution in [2.24, 2.45) is 5.41 Å². The normalized spacial score (nSPS) is 15.6. The smallest absolute Gasteiger partial charge is 0.394 e. The van der Waals surface area contributed by atoms with Gasteiger partial charge in [0.25, 0.3) is 0 Å². The molecule has 35 heteroatoms. The van der Waals surface area contributed by atoms with E-state index in [1.54, 1.807) is 0 Å². The van der Waals surface area contributed by atoms with Gasteiger partial charge in [-0.2, -0.15) is 119 Å². The van der Waals surface area contributed by atoms with Crippen LogP contribution in [0, 0.1) is 5.41 Å². The van der Waals surface area contributed by atoms with E-state index in [-0.39, 0.29) is 19.8 Å². The highest BCUT2D eigenvalue weighted by Crippen LogP contribution is 2.59. The Hall–Kier alpha value is -2.21. The van der Waals surface area contributed by atoms with Crippen molar-refractivity contribution in [3.63, 3.8) is 0 Å². The molecule has 0 aliphatic carbocycles. The predicted octanol–water partition coefficient (Wildman–Crippen LogP) is 8.36. The molecule has 0 aliphatic rings. The molecule has 0 aromatic heterocycles. The van der Waals surface area contributed by atoms with Gasteiger partial charge in [-0.15, -0.1) is 0 Å². The Balaban J connectivity index is 7.83. The summed E-state index contributed by atoms with van der Waals surface area (Å²) in [7, 11) is 0. The second kappa shape index (κ2) is 19.7. The van der Waals surface area contributed by atoms with E-state index in [0.29, 0.717) is 0 Å². The third-order valence-corrected chi connectivity index (χ3v) is 7.14. The highest BCUT2D eigenvalue weighted by molar-refractivity contribution is 5.06. The summed E-state index contributed by atoms with van der Waals surface area (Å²) in [6, 6.07) is 0. The van der Waals surface area contributed by atoms with Gasteiger partial charge < -0.3 is 38.3 Å². The lowest BCUT2D eigenvalue weighted by Gasteiger charge is -2.45. The molecule has 0 aromatic carbocycles. The maximum Gasteiger partial charge on any atom is 0.435 e. The van der Waals surface area contributed by atoms with Crippen LogP contribution >= 0.6 is 0 Å². The molecule has 8 nitrogen and oxygen atoms in total. The number of hydrogen-bond acceptors (Lipinski definition) is 8. The summed E-state index contributed by atoms with van der Waals surface area (Å²) >= 11 is 0. The van der Waals surface area contributed by atoms with Gasteiger partial charge in [0.15, 0.2) is 0 Å². The van der Waals surface area contributed by atoms with Crippen LogP contribution in [-0.2, 0) is 33.2 Å². The van der Waals surface area contributed by atoms with Crippen LogP contribution in [0.3, 0.4) is 0 Å². The first-order valence-corrected chi connectivity index (χ1v) is 14.9. The first-order chi connectivity index (χ1) is 26.4.